The van der Waals surface area contributed by atoms with Crippen LogP contribution in [0.3, 0.4) is 0 Å². The van der Waals surface area contributed by atoms with Crippen molar-refractivity contribution in [2.45, 2.75) is 53.9 Å². The molecule has 1 rings (SSSR count). The zero-order valence-corrected chi connectivity index (χ0v) is 17.1. The number of hydrogen-bond acceptors (Lipinski definition) is 1. The third-order valence-corrected chi connectivity index (χ3v) is 6.84. The van der Waals surface area contributed by atoms with Crippen LogP contribution in [0.5, 0.6) is 0 Å². The van der Waals surface area contributed by atoms with Gasteiger partial charge in [-0.05, 0) is 60.6 Å². The SMILES string of the molecule is CC1=C(CI=C/C(C)=C/C=C/C(C)=C/C(=O)O)C(C)(C)CCC1. The number of carboxylic acid groups (broad SMARTS) is 1. The van der Waals surface area contributed by atoms with Gasteiger partial charge in [0.2, 0.25) is 0 Å². The minimum absolute atomic E-state index is 0.0309. The molecule has 1 aliphatic carbocycles. The lowest BCUT2D eigenvalue weighted by Gasteiger charge is -2.34. The summed E-state index contributed by atoms with van der Waals surface area (Å²) < 4.78 is 3.63. The van der Waals surface area contributed by atoms with E-state index in [0.29, 0.717) is 5.41 Å². The Hall–Kier alpha value is -0.970. The van der Waals surface area contributed by atoms with Crippen LogP contribution in [0.25, 0.3) is 0 Å². The molecule has 128 valence electrons. The Kier molecular flexibility index (Phi) is 8.17. The van der Waals surface area contributed by atoms with Crippen molar-refractivity contribution in [3.8, 4) is 0 Å². The third kappa shape index (κ3) is 7.42. The minimum atomic E-state index is -0.899. The summed E-state index contributed by atoms with van der Waals surface area (Å²) in [7, 11) is 0. The topological polar surface area (TPSA) is 37.3 Å². The van der Waals surface area contributed by atoms with Gasteiger partial charge in [0.15, 0.2) is 0 Å². The van der Waals surface area contributed by atoms with Crippen molar-refractivity contribution in [3.05, 3.63) is 46.6 Å². The first-order chi connectivity index (χ1) is 10.7. The maximum atomic E-state index is 10.5. The first-order valence-electron chi connectivity index (χ1n) is 8.08. The van der Waals surface area contributed by atoms with E-state index in [-0.39, 0.29) is 20.7 Å². The molecule has 0 fully saturated rings. The molecule has 1 aliphatic rings. The second-order valence-corrected chi connectivity index (χ2v) is 9.16. The Balaban J connectivity index is 2.65. The first-order valence-corrected chi connectivity index (χ1v) is 10.9. The van der Waals surface area contributed by atoms with E-state index in [4.69, 9.17) is 5.11 Å². The zero-order valence-electron chi connectivity index (χ0n) is 14.9. The largest absolute Gasteiger partial charge is 0.478 e. The lowest BCUT2D eigenvalue weighted by Crippen LogP contribution is -2.21. The highest BCUT2D eigenvalue weighted by Gasteiger charge is 2.27. The Bertz CT molecular complexity index is 587. The summed E-state index contributed by atoms with van der Waals surface area (Å²) in [5, 5.41) is 8.66. The van der Waals surface area contributed by atoms with Crippen molar-refractivity contribution in [1.82, 2.24) is 0 Å². The Morgan fingerprint density at radius 1 is 1.30 bits per heavy atom. The molecule has 0 saturated carbocycles. The van der Waals surface area contributed by atoms with Gasteiger partial charge in [-0.25, -0.2) is 4.79 Å². The van der Waals surface area contributed by atoms with E-state index in [1.807, 2.05) is 12.2 Å². The summed E-state index contributed by atoms with van der Waals surface area (Å²) in [6.07, 6.45) is 11.0. The smallest absolute Gasteiger partial charge is 0.328 e. The number of halogens is 1. The Morgan fingerprint density at radius 2 is 2.00 bits per heavy atom. The fourth-order valence-corrected chi connectivity index (χ4v) is 6.08. The highest BCUT2D eigenvalue weighted by atomic mass is 127. The summed E-state index contributed by atoms with van der Waals surface area (Å²) in [6, 6.07) is 0. The Labute approximate surface area is 150 Å². The Morgan fingerprint density at radius 3 is 2.61 bits per heavy atom. The average Bonchev–Trinajstić information content (AvgIpc) is 2.40. The molecule has 0 spiro atoms. The monoisotopic (exact) mass is 428 g/mol. The maximum absolute atomic E-state index is 10.5. The molecule has 0 amide bonds. The van der Waals surface area contributed by atoms with Gasteiger partial charge in [0.05, 0.1) is 0 Å². The molecule has 0 radical (unpaired) electrons. The molecule has 0 aromatic heterocycles. The minimum Gasteiger partial charge on any atom is -0.478 e. The van der Waals surface area contributed by atoms with E-state index in [1.54, 1.807) is 18.1 Å². The summed E-state index contributed by atoms with van der Waals surface area (Å²) in [5.41, 5.74) is 5.71. The summed E-state index contributed by atoms with van der Waals surface area (Å²) in [5.74, 6) is -0.899. The molecule has 3 heteroatoms. The lowest BCUT2D eigenvalue weighted by molar-refractivity contribution is -0.131. The van der Waals surface area contributed by atoms with Crippen LogP contribution in [-0.2, 0) is 4.79 Å². The van der Waals surface area contributed by atoms with Gasteiger partial charge >= 0.3 is 5.97 Å². The van der Waals surface area contributed by atoms with Gasteiger partial charge in [-0.1, -0.05) is 43.2 Å². The van der Waals surface area contributed by atoms with Crippen LogP contribution in [0.4, 0.5) is 0 Å². The predicted octanol–water partition coefficient (Wildman–Crippen LogP) is 5.82. The molecule has 0 saturated heterocycles. The number of allylic oxidation sites excluding steroid dienone is 7. The van der Waals surface area contributed by atoms with Crippen molar-refractivity contribution in [1.29, 1.82) is 0 Å². The molecule has 0 heterocycles. The van der Waals surface area contributed by atoms with E-state index in [1.165, 1.54) is 35.3 Å². The van der Waals surface area contributed by atoms with Gasteiger partial charge in [0.25, 0.3) is 0 Å². The predicted molar refractivity (Wildman–Crippen MR) is 110 cm³/mol. The highest BCUT2D eigenvalue weighted by molar-refractivity contribution is 14.2. The standard InChI is InChI=1S/C20H29IO2/c1-15(12-19(22)23)8-6-9-16(2)13-21-14-18-17(3)10-7-11-20(18,4)5/h6,8-9,12-13H,7,10-11,14H2,1-5H3,(H,22,23)/b8-6+,15-12+,16-9+. The quantitative estimate of drug-likeness (QED) is 0.190. The number of alkyl halides is 1. The van der Waals surface area contributed by atoms with Gasteiger partial charge in [0.1, 0.15) is 0 Å². The molecule has 1 N–H and O–H groups in total. The molecule has 0 unspecified atom stereocenters. The van der Waals surface area contributed by atoms with Crippen LogP contribution in [-0.4, -0.2) is 19.5 Å². The van der Waals surface area contributed by atoms with Crippen LogP contribution >= 0.6 is 20.7 Å². The third-order valence-electron chi connectivity index (χ3n) is 4.22. The number of carboxylic acids is 1. The molecule has 2 nitrogen and oxygen atoms in total. The van der Waals surface area contributed by atoms with Crippen molar-refractivity contribution < 1.29 is 9.90 Å². The average molecular weight is 428 g/mol. The van der Waals surface area contributed by atoms with Crippen molar-refractivity contribution >= 4 is 30.7 Å². The highest BCUT2D eigenvalue weighted by Crippen LogP contribution is 2.41. The molecular weight excluding hydrogens is 399 g/mol. The van der Waals surface area contributed by atoms with Crippen LogP contribution < -0.4 is 0 Å². The molecule has 23 heavy (non-hydrogen) atoms. The maximum Gasteiger partial charge on any atom is 0.328 e. The summed E-state index contributed by atoms with van der Waals surface area (Å²) >= 11 is 0.0309. The fraction of sp³-hybridized carbons (Fsp3) is 0.500. The van der Waals surface area contributed by atoms with E-state index < -0.39 is 5.97 Å². The van der Waals surface area contributed by atoms with Gasteiger partial charge in [-0.15, -0.1) is 20.7 Å². The zero-order chi connectivity index (χ0) is 17.5. The molecule has 0 bridgehead atoms. The lowest BCUT2D eigenvalue weighted by atomic mass is 9.74. The van der Waals surface area contributed by atoms with E-state index in [9.17, 15) is 4.79 Å². The van der Waals surface area contributed by atoms with Crippen LogP contribution in [0.15, 0.2) is 46.6 Å². The molecule has 0 aliphatic heterocycles. The van der Waals surface area contributed by atoms with Crippen LogP contribution in [0.2, 0.25) is 0 Å². The second kappa shape index (κ2) is 9.36. The first kappa shape index (κ1) is 20.1. The van der Waals surface area contributed by atoms with E-state index >= 15 is 0 Å². The van der Waals surface area contributed by atoms with Gasteiger partial charge in [0, 0.05) is 10.5 Å². The van der Waals surface area contributed by atoms with Crippen molar-refractivity contribution in [2.75, 3.05) is 4.43 Å². The molecule has 0 aromatic rings. The number of rotatable bonds is 6. The number of hydrogen-bond donors (Lipinski definition) is 1. The molecular formula is C20H29IO2. The second-order valence-electron chi connectivity index (χ2n) is 6.89. The van der Waals surface area contributed by atoms with E-state index in [0.717, 1.165) is 5.57 Å². The molecule has 0 atom stereocenters. The normalized spacial score (nSPS) is 20.2. The summed E-state index contributed by atoms with van der Waals surface area (Å²) in [6.45, 7) is 11.0. The molecule has 0 aromatic carbocycles. The van der Waals surface area contributed by atoms with Crippen molar-refractivity contribution in [2.24, 2.45) is 5.41 Å². The van der Waals surface area contributed by atoms with Gasteiger partial charge < -0.3 is 5.11 Å². The van der Waals surface area contributed by atoms with Crippen LogP contribution in [0.1, 0.15) is 53.9 Å². The van der Waals surface area contributed by atoms with Gasteiger partial charge in [-0.3, -0.25) is 0 Å². The number of carbonyl (C=O) groups is 1. The number of aliphatic carboxylic acids is 1. The summed E-state index contributed by atoms with van der Waals surface area (Å²) in [4.78, 5) is 10.5. The van der Waals surface area contributed by atoms with Gasteiger partial charge in [-0.2, -0.15) is 0 Å². The fourth-order valence-electron chi connectivity index (χ4n) is 2.84. The van der Waals surface area contributed by atoms with Crippen molar-refractivity contribution in [3.63, 3.8) is 0 Å². The van der Waals surface area contributed by atoms with E-state index in [2.05, 4.69) is 37.8 Å². The van der Waals surface area contributed by atoms with Crippen LogP contribution in [0, 0.1) is 5.41 Å².